The van der Waals surface area contributed by atoms with Gasteiger partial charge in [-0.3, -0.25) is 14.4 Å². The average molecular weight is 705 g/mol. The summed E-state index contributed by atoms with van der Waals surface area (Å²) in [6, 6.07) is 18.0. The molecule has 0 aliphatic carbocycles. The zero-order valence-electron chi connectivity index (χ0n) is 27.8. The number of alkyl carbamates (subject to hydrolysis) is 1. The molecule has 0 aromatic heterocycles. The summed E-state index contributed by atoms with van der Waals surface area (Å²) >= 11 is 0. The van der Waals surface area contributed by atoms with E-state index in [1.807, 2.05) is 48.5 Å². The van der Waals surface area contributed by atoms with Crippen molar-refractivity contribution >= 4 is 44.7 Å². The standard InChI is InChI=1S/C34H42N4O9S.Na/c1-21(2)17-27(31(40)37-29(33(42)48(44,45)46)19-25-15-16-35-30(25)39)36-32(41)28(38-34(43)47-20-22-9-4-3-5-10-22)18-24-13-8-12-23-11-6-7-14-26(23)24;/h3-14,21,25,27-29,33,42H,15-20H2,1-2H3,(H,35,39)(H,36,41)(H,37,40)(H,38,43)(H,44,45,46);/q;+1/p-1. The van der Waals surface area contributed by atoms with Crippen molar-refractivity contribution in [3.63, 3.8) is 0 Å². The molecule has 1 aliphatic heterocycles. The SMILES string of the molecule is CC(C)CC(NC(=O)C(Cc1cccc2ccccc12)NC(=O)OCc1ccccc1)C(=O)NC(CC1CCNC1=O)C(O)S(=O)(=O)[O-].[Na+]. The molecule has 5 atom stereocenters. The maximum atomic E-state index is 13.9. The number of carbonyl (C=O) groups excluding carboxylic acids is 4. The Labute approximate surface area is 308 Å². The Morgan fingerprint density at radius 2 is 1.59 bits per heavy atom. The van der Waals surface area contributed by atoms with Gasteiger partial charge < -0.3 is 35.7 Å². The summed E-state index contributed by atoms with van der Waals surface area (Å²) in [5.74, 6) is -2.85. The topological polar surface area (TPSA) is 203 Å². The van der Waals surface area contributed by atoms with Gasteiger partial charge in [0.15, 0.2) is 5.44 Å². The van der Waals surface area contributed by atoms with Gasteiger partial charge in [0.2, 0.25) is 17.7 Å². The zero-order valence-corrected chi connectivity index (χ0v) is 30.6. The summed E-state index contributed by atoms with van der Waals surface area (Å²) in [5, 5.41) is 22.4. The first-order chi connectivity index (χ1) is 22.8. The second-order valence-corrected chi connectivity index (χ2v) is 13.8. The minimum absolute atomic E-state index is 0. The largest absolute Gasteiger partial charge is 1.00 e. The number of ether oxygens (including phenoxy) is 1. The predicted octanol–water partition coefficient (Wildman–Crippen LogP) is -0.913. The van der Waals surface area contributed by atoms with Crippen LogP contribution >= 0.6 is 0 Å². The van der Waals surface area contributed by atoms with Crippen molar-refractivity contribution in [2.24, 2.45) is 11.8 Å². The minimum Gasteiger partial charge on any atom is -0.746 e. The van der Waals surface area contributed by atoms with Crippen LogP contribution < -0.4 is 50.8 Å². The van der Waals surface area contributed by atoms with Crippen LogP contribution in [0.1, 0.15) is 44.2 Å². The molecule has 15 heteroatoms. The number of benzene rings is 3. The van der Waals surface area contributed by atoms with E-state index in [0.717, 1.165) is 21.9 Å². The van der Waals surface area contributed by atoms with Gasteiger partial charge in [0.1, 0.15) is 28.8 Å². The second kappa shape index (κ2) is 18.5. The molecule has 5 unspecified atom stereocenters. The van der Waals surface area contributed by atoms with Gasteiger partial charge in [0.05, 0.1) is 6.04 Å². The van der Waals surface area contributed by atoms with Crippen molar-refractivity contribution < 1.29 is 71.5 Å². The van der Waals surface area contributed by atoms with Crippen LogP contribution in [0.4, 0.5) is 4.79 Å². The zero-order chi connectivity index (χ0) is 34.8. The Balaban J connectivity index is 0.00000650. The van der Waals surface area contributed by atoms with Gasteiger partial charge in [0, 0.05) is 18.9 Å². The van der Waals surface area contributed by atoms with Crippen molar-refractivity contribution in [1.29, 1.82) is 0 Å². The summed E-state index contributed by atoms with van der Waals surface area (Å²) in [5.41, 5.74) is -1.03. The normalized spacial score (nSPS) is 16.8. The number of nitrogens with one attached hydrogen (secondary N) is 4. The summed E-state index contributed by atoms with van der Waals surface area (Å²) < 4.78 is 40.7. The molecule has 258 valence electrons. The van der Waals surface area contributed by atoms with E-state index in [9.17, 15) is 37.3 Å². The second-order valence-electron chi connectivity index (χ2n) is 12.3. The molecule has 1 heterocycles. The van der Waals surface area contributed by atoms with Gasteiger partial charge in [0.25, 0.3) is 0 Å². The number of rotatable bonds is 15. The van der Waals surface area contributed by atoms with Crippen LogP contribution in [0.15, 0.2) is 72.8 Å². The number of carbonyl (C=O) groups is 4. The molecular weight excluding hydrogens is 663 g/mol. The van der Waals surface area contributed by atoms with Crippen LogP contribution in [-0.2, 0) is 42.3 Å². The van der Waals surface area contributed by atoms with Crippen LogP contribution in [0.3, 0.4) is 0 Å². The Morgan fingerprint density at radius 1 is 0.939 bits per heavy atom. The predicted molar refractivity (Wildman–Crippen MR) is 176 cm³/mol. The van der Waals surface area contributed by atoms with E-state index in [2.05, 4.69) is 21.3 Å². The molecule has 49 heavy (non-hydrogen) atoms. The fraction of sp³-hybridized carbons (Fsp3) is 0.412. The monoisotopic (exact) mass is 704 g/mol. The molecule has 4 rings (SSSR count). The molecule has 0 saturated carbocycles. The summed E-state index contributed by atoms with van der Waals surface area (Å²) in [6.45, 7) is 3.89. The molecule has 0 bridgehead atoms. The number of hydrogen-bond acceptors (Lipinski definition) is 9. The van der Waals surface area contributed by atoms with E-state index in [1.165, 1.54) is 0 Å². The molecular formula is C34H41N4NaO9S. The van der Waals surface area contributed by atoms with Crippen LogP contribution in [0.25, 0.3) is 10.8 Å². The maximum Gasteiger partial charge on any atom is 1.00 e. The summed E-state index contributed by atoms with van der Waals surface area (Å²) in [4.78, 5) is 52.6. The number of fused-ring (bicyclic) bond motifs is 1. The van der Waals surface area contributed by atoms with Crippen LogP contribution in [-0.4, -0.2) is 72.0 Å². The van der Waals surface area contributed by atoms with Gasteiger partial charge in [-0.05, 0) is 47.1 Å². The molecule has 0 spiro atoms. The first-order valence-electron chi connectivity index (χ1n) is 15.8. The molecule has 5 N–H and O–H groups in total. The molecule has 1 aliphatic rings. The molecule has 13 nitrogen and oxygen atoms in total. The Hall–Kier alpha value is -3.53. The maximum absolute atomic E-state index is 13.9. The van der Waals surface area contributed by atoms with Crippen molar-refractivity contribution in [1.82, 2.24) is 21.3 Å². The number of aliphatic hydroxyl groups is 1. The van der Waals surface area contributed by atoms with Gasteiger partial charge in [-0.25, -0.2) is 13.2 Å². The minimum atomic E-state index is -5.27. The number of hydrogen-bond donors (Lipinski definition) is 5. The van der Waals surface area contributed by atoms with Gasteiger partial charge in [-0.1, -0.05) is 86.6 Å². The number of aliphatic hydroxyl groups excluding tert-OH is 1. The first-order valence-corrected chi connectivity index (χ1v) is 17.2. The van der Waals surface area contributed by atoms with Gasteiger partial charge in [-0.15, -0.1) is 0 Å². The third kappa shape index (κ3) is 11.8. The van der Waals surface area contributed by atoms with Crippen LogP contribution in [0, 0.1) is 11.8 Å². The molecule has 3 aromatic rings. The third-order valence-electron chi connectivity index (χ3n) is 8.13. The fourth-order valence-corrected chi connectivity index (χ4v) is 6.27. The van der Waals surface area contributed by atoms with Gasteiger partial charge in [-0.2, -0.15) is 0 Å². The van der Waals surface area contributed by atoms with E-state index < -0.39 is 63.4 Å². The summed E-state index contributed by atoms with van der Waals surface area (Å²) in [6.07, 6.45) is -0.710. The average Bonchev–Trinajstić information content (AvgIpc) is 3.46. The third-order valence-corrected chi connectivity index (χ3v) is 9.05. The molecule has 1 fully saturated rings. The Morgan fingerprint density at radius 3 is 2.24 bits per heavy atom. The van der Waals surface area contributed by atoms with Gasteiger partial charge >= 0.3 is 35.7 Å². The Kier molecular flexibility index (Phi) is 15.0. The van der Waals surface area contributed by atoms with Crippen molar-refractivity contribution in [3.05, 3.63) is 83.9 Å². The van der Waals surface area contributed by atoms with Crippen molar-refractivity contribution in [2.75, 3.05) is 6.54 Å². The van der Waals surface area contributed by atoms with Crippen LogP contribution in [0.2, 0.25) is 0 Å². The van der Waals surface area contributed by atoms with Crippen molar-refractivity contribution in [2.45, 2.75) is 69.7 Å². The van der Waals surface area contributed by atoms with Crippen LogP contribution in [0.5, 0.6) is 0 Å². The molecule has 3 aromatic carbocycles. The summed E-state index contributed by atoms with van der Waals surface area (Å²) in [7, 11) is -5.27. The van der Waals surface area contributed by atoms with E-state index in [0.29, 0.717) is 13.0 Å². The van der Waals surface area contributed by atoms with E-state index >= 15 is 0 Å². The number of amides is 4. The van der Waals surface area contributed by atoms with E-state index in [-0.39, 0.29) is 61.3 Å². The molecule has 1 saturated heterocycles. The quantitative estimate of drug-likeness (QED) is 0.0981. The molecule has 0 radical (unpaired) electrons. The van der Waals surface area contributed by atoms with E-state index in [4.69, 9.17) is 4.74 Å². The first kappa shape index (κ1) is 39.9. The molecule has 4 amide bonds. The fourth-order valence-electron chi connectivity index (χ4n) is 5.69. The van der Waals surface area contributed by atoms with Crippen molar-refractivity contribution in [3.8, 4) is 0 Å². The van der Waals surface area contributed by atoms with E-state index in [1.54, 1.807) is 38.1 Å². The Bertz CT molecular complexity index is 1700. The smallest absolute Gasteiger partial charge is 0.746 e.